The van der Waals surface area contributed by atoms with Crippen LogP contribution in [-0.2, 0) is 12.7 Å². The lowest BCUT2D eigenvalue weighted by atomic mass is 10.1. The van der Waals surface area contributed by atoms with Crippen molar-refractivity contribution in [2.45, 2.75) is 19.6 Å². The Kier molecular flexibility index (Phi) is 3.99. The molecule has 130 valence electrons. The van der Waals surface area contributed by atoms with Crippen LogP contribution in [0.25, 0.3) is 23.0 Å². The van der Waals surface area contributed by atoms with Gasteiger partial charge in [0.2, 0.25) is 11.6 Å². The second-order valence-electron chi connectivity index (χ2n) is 4.97. The van der Waals surface area contributed by atoms with E-state index in [1.54, 1.807) is 6.92 Å². The lowest BCUT2D eigenvalue weighted by Crippen LogP contribution is -2.04. The largest absolute Gasteiger partial charge is 0.416 e. The zero-order valence-electron chi connectivity index (χ0n) is 12.7. The van der Waals surface area contributed by atoms with E-state index in [4.69, 9.17) is 4.42 Å². The van der Waals surface area contributed by atoms with Gasteiger partial charge in [-0.25, -0.2) is 0 Å². The Bertz CT molecular complexity index is 932. The Morgan fingerprint density at radius 3 is 2.64 bits per heavy atom. The van der Waals surface area contributed by atoms with E-state index < -0.39 is 16.7 Å². The third-order valence-corrected chi connectivity index (χ3v) is 3.33. The van der Waals surface area contributed by atoms with Crippen LogP contribution < -0.4 is 0 Å². The summed E-state index contributed by atoms with van der Waals surface area (Å²) < 4.78 is 45.0. The number of halogens is 3. The first-order valence-electron chi connectivity index (χ1n) is 7.03. The number of aryl methyl sites for hydroxylation is 1. The van der Waals surface area contributed by atoms with E-state index in [9.17, 15) is 23.3 Å². The van der Waals surface area contributed by atoms with E-state index >= 15 is 0 Å². The molecule has 0 aliphatic rings. The van der Waals surface area contributed by atoms with Gasteiger partial charge in [0, 0.05) is 12.1 Å². The lowest BCUT2D eigenvalue weighted by molar-refractivity contribution is -0.384. The number of aromatic nitrogens is 4. The Labute approximate surface area is 138 Å². The van der Waals surface area contributed by atoms with Crippen LogP contribution in [0, 0.1) is 10.1 Å². The summed E-state index contributed by atoms with van der Waals surface area (Å²) in [5.74, 6) is -0.437. The van der Waals surface area contributed by atoms with Crippen molar-refractivity contribution in [2.75, 3.05) is 0 Å². The molecule has 0 saturated heterocycles. The predicted octanol–water partition coefficient (Wildman–Crippen LogP) is 3.55. The molecular formula is C14H10F3N5O3. The summed E-state index contributed by atoms with van der Waals surface area (Å²) in [7, 11) is 0. The molecule has 2 heterocycles. The average molecular weight is 353 g/mol. The third-order valence-electron chi connectivity index (χ3n) is 3.33. The maximum Gasteiger partial charge on any atom is 0.416 e. The van der Waals surface area contributed by atoms with Gasteiger partial charge in [0.25, 0.3) is 5.89 Å². The summed E-state index contributed by atoms with van der Waals surface area (Å²) in [5.41, 5.74) is -1.30. The van der Waals surface area contributed by atoms with Gasteiger partial charge in [-0.2, -0.15) is 18.3 Å². The van der Waals surface area contributed by atoms with E-state index in [0.29, 0.717) is 6.54 Å². The van der Waals surface area contributed by atoms with E-state index in [1.807, 2.05) is 0 Å². The maximum absolute atomic E-state index is 12.8. The number of rotatable bonds is 4. The molecule has 0 amide bonds. The van der Waals surface area contributed by atoms with Crippen molar-refractivity contribution < 1.29 is 22.5 Å². The molecule has 0 N–H and O–H groups in total. The minimum atomic E-state index is -4.52. The Hall–Kier alpha value is -3.24. The van der Waals surface area contributed by atoms with Crippen LogP contribution in [0.2, 0.25) is 0 Å². The molecule has 11 heteroatoms. The topological polar surface area (TPSA) is 99.9 Å². The van der Waals surface area contributed by atoms with E-state index in [2.05, 4.69) is 15.3 Å². The second-order valence-corrected chi connectivity index (χ2v) is 4.97. The monoisotopic (exact) mass is 353 g/mol. The van der Waals surface area contributed by atoms with Gasteiger partial charge >= 0.3 is 11.9 Å². The van der Waals surface area contributed by atoms with Crippen LogP contribution in [0.1, 0.15) is 12.5 Å². The molecule has 25 heavy (non-hydrogen) atoms. The van der Waals surface area contributed by atoms with Crippen molar-refractivity contribution in [3.05, 3.63) is 46.1 Å². The molecule has 0 aliphatic heterocycles. The standard InChI is InChI=1S/C14H10F3N5O3/c1-2-21-7-10(22(23)24)11(20-21)13-19-18-12(25-13)8-4-3-5-9(6-8)14(15,16)17/h3-7H,2H2,1H3. The SMILES string of the molecule is CCn1cc([N+](=O)[O-])c(-c2nnc(-c3cccc(C(F)(F)F)c3)o2)n1. The van der Waals surface area contributed by atoms with Gasteiger partial charge in [0.05, 0.1) is 10.5 Å². The van der Waals surface area contributed by atoms with Crippen molar-refractivity contribution in [3.63, 3.8) is 0 Å². The van der Waals surface area contributed by atoms with E-state index in [0.717, 1.165) is 12.1 Å². The fourth-order valence-electron chi connectivity index (χ4n) is 2.12. The molecule has 1 aromatic carbocycles. The first kappa shape index (κ1) is 16.6. The van der Waals surface area contributed by atoms with E-state index in [-0.39, 0.29) is 28.7 Å². The highest BCUT2D eigenvalue weighted by Gasteiger charge is 2.31. The van der Waals surface area contributed by atoms with Gasteiger partial charge < -0.3 is 4.42 Å². The molecule has 0 aliphatic carbocycles. The maximum atomic E-state index is 12.8. The molecule has 8 nitrogen and oxygen atoms in total. The molecule has 0 spiro atoms. The minimum absolute atomic E-state index is 0.0474. The number of alkyl halides is 3. The first-order valence-corrected chi connectivity index (χ1v) is 7.03. The zero-order chi connectivity index (χ0) is 18.2. The van der Waals surface area contributed by atoms with Crippen LogP contribution in [0.15, 0.2) is 34.9 Å². The van der Waals surface area contributed by atoms with Gasteiger partial charge in [0.1, 0.15) is 6.20 Å². The smallest absolute Gasteiger partial charge is 0.414 e. The number of hydrogen-bond donors (Lipinski definition) is 0. The fourth-order valence-corrected chi connectivity index (χ4v) is 2.12. The van der Waals surface area contributed by atoms with Crippen molar-refractivity contribution in [3.8, 4) is 23.0 Å². The summed E-state index contributed by atoms with van der Waals surface area (Å²) in [4.78, 5) is 10.4. The Morgan fingerprint density at radius 2 is 2.00 bits per heavy atom. The van der Waals surface area contributed by atoms with Crippen LogP contribution in [0.5, 0.6) is 0 Å². The van der Waals surface area contributed by atoms with Crippen LogP contribution in [-0.4, -0.2) is 24.9 Å². The molecule has 3 rings (SSSR count). The van der Waals surface area contributed by atoms with E-state index in [1.165, 1.54) is 23.0 Å². The van der Waals surface area contributed by atoms with Crippen molar-refractivity contribution >= 4 is 5.69 Å². The van der Waals surface area contributed by atoms with Gasteiger partial charge in [-0.1, -0.05) is 6.07 Å². The number of nitro groups is 1. The summed E-state index contributed by atoms with van der Waals surface area (Å²) in [6.07, 6.45) is -3.30. The van der Waals surface area contributed by atoms with Gasteiger partial charge in [-0.05, 0) is 25.1 Å². The summed E-state index contributed by atoms with van der Waals surface area (Å²) in [5, 5.41) is 22.4. The molecular weight excluding hydrogens is 343 g/mol. The third kappa shape index (κ3) is 3.20. The highest BCUT2D eigenvalue weighted by molar-refractivity contribution is 5.63. The van der Waals surface area contributed by atoms with Crippen LogP contribution in [0.3, 0.4) is 0 Å². The van der Waals surface area contributed by atoms with Crippen molar-refractivity contribution in [2.24, 2.45) is 0 Å². The van der Waals surface area contributed by atoms with Crippen molar-refractivity contribution in [1.29, 1.82) is 0 Å². The quantitative estimate of drug-likeness (QED) is 0.525. The number of hydrogen-bond acceptors (Lipinski definition) is 6. The second kappa shape index (κ2) is 6.00. The van der Waals surface area contributed by atoms with Crippen molar-refractivity contribution in [1.82, 2.24) is 20.0 Å². The normalized spacial score (nSPS) is 11.7. The van der Waals surface area contributed by atoms with Gasteiger partial charge in [-0.15, -0.1) is 10.2 Å². The number of nitrogens with zero attached hydrogens (tertiary/aromatic N) is 5. The molecule has 0 bridgehead atoms. The highest BCUT2D eigenvalue weighted by Crippen LogP contribution is 2.33. The molecule has 2 aromatic heterocycles. The molecule has 0 atom stereocenters. The van der Waals surface area contributed by atoms with Gasteiger partial charge in [-0.3, -0.25) is 14.8 Å². The minimum Gasteiger partial charge on any atom is -0.414 e. The summed E-state index contributed by atoms with van der Waals surface area (Å²) in [6, 6.07) is 4.34. The average Bonchev–Trinajstić information content (AvgIpc) is 3.21. The summed E-state index contributed by atoms with van der Waals surface area (Å²) in [6.45, 7) is 2.12. The predicted molar refractivity (Wildman–Crippen MR) is 78.3 cm³/mol. The fraction of sp³-hybridized carbons (Fsp3) is 0.214. The van der Waals surface area contributed by atoms with Crippen LogP contribution in [0.4, 0.5) is 18.9 Å². The molecule has 0 unspecified atom stereocenters. The zero-order valence-corrected chi connectivity index (χ0v) is 12.7. The lowest BCUT2D eigenvalue weighted by Gasteiger charge is -2.06. The summed E-state index contributed by atoms with van der Waals surface area (Å²) >= 11 is 0. The Balaban J connectivity index is 2.02. The molecule has 0 fully saturated rings. The highest BCUT2D eigenvalue weighted by atomic mass is 19.4. The Morgan fingerprint density at radius 1 is 1.28 bits per heavy atom. The molecule has 3 aromatic rings. The molecule has 0 radical (unpaired) electrons. The van der Waals surface area contributed by atoms with Gasteiger partial charge in [0.15, 0.2) is 0 Å². The van der Waals surface area contributed by atoms with Crippen LogP contribution >= 0.6 is 0 Å². The first-order chi connectivity index (χ1) is 11.8. The molecule has 0 saturated carbocycles. The number of benzene rings is 1.